The van der Waals surface area contributed by atoms with Crippen LogP contribution in [0.25, 0.3) is 0 Å². The number of rotatable bonds is 9. The minimum atomic E-state index is -2.13. The summed E-state index contributed by atoms with van der Waals surface area (Å²) in [7, 11) is 0. The van der Waals surface area contributed by atoms with Crippen molar-refractivity contribution < 1.29 is 18.7 Å². The molecule has 3 aromatic rings. The number of hydrogen-bond donors (Lipinski definition) is 4. The van der Waals surface area contributed by atoms with Gasteiger partial charge in [-0.25, -0.2) is 9.19 Å². The van der Waals surface area contributed by atoms with Crippen molar-refractivity contribution in [1.29, 1.82) is 0 Å². The van der Waals surface area contributed by atoms with Crippen molar-refractivity contribution >= 4 is 34.2 Å². The number of anilines is 1. The highest BCUT2D eigenvalue weighted by Crippen LogP contribution is 2.24. The Balaban J connectivity index is 1.75. The van der Waals surface area contributed by atoms with Gasteiger partial charge in [0.15, 0.2) is 0 Å². The number of carbonyl (C=O) groups is 1. The van der Waals surface area contributed by atoms with Gasteiger partial charge in [-0.2, -0.15) is 0 Å². The molecule has 2 aromatic carbocycles. The Labute approximate surface area is 181 Å². The van der Waals surface area contributed by atoms with Crippen LogP contribution in [0.1, 0.15) is 34.8 Å². The number of phenolic OH excluding ortho intramolecular Hbond substituents is 1. The third-order valence-corrected chi connectivity index (χ3v) is 5.92. The second-order valence-corrected chi connectivity index (χ2v) is 8.30. The van der Waals surface area contributed by atoms with Gasteiger partial charge in [-0.05, 0) is 36.6 Å². The number of aryl methyl sites for hydroxylation is 1. The summed E-state index contributed by atoms with van der Waals surface area (Å²) in [5.41, 5.74) is 3.02. The molecule has 0 radical (unpaired) electrons. The van der Waals surface area contributed by atoms with E-state index in [-0.39, 0.29) is 24.1 Å². The second-order valence-electron chi connectivity index (χ2n) is 6.71. The molecule has 0 bridgehead atoms. The van der Waals surface area contributed by atoms with Crippen LogP contribution in [-0.4, -0.2) is 24.8 Å². The molecule has 158 valence electrons. The maximum absolute atomic E-state index is 12.7. The normalized spacial score (nSPS) is 12.9. The number of aromatic nitrogens is 1. The van der Waals surface area contributed by atoms with Gasteiger partial charge in [0.25, 0.3) is 11.3 Å². The maximum Gasteiger partial charge on any atom is 0.259 e. The lowest BCUT2D eigenvalue weighted by atomic mass is 10.0. The number of nitrogens with one attached hydrogen (secondary N) is 2. The van der Waals surface area contributed by atoms with Crippen LogP contribution in [0.2, 0.25) is 0 Å². The van der Waals surface area contributed by atoms with Crippen LogP contribution >= 0.6 is 11.3 Å². The van der Waals surface area contributed by atoms with Crippen LogP contribution < -0.4 is 10.0 Å². The van der Waals surface area contributed by atoms with Gasteiger partial charge < -0.3 is 10.4 Å². The lowest BCUT2D eigenvalue weighted by Gasteiger charge is -2.17. The van der Waals surface area contributed by atoms with E-state index >= 15 is 0 Å². The predicted octanol–water partition coefficient (Wildman–Crippen LogP) is 3.60. The predicted molar refractivity (Wildman–Crippen MR) is 119 cm³/mol. The zero-order chi connectivity index (χ0) is 21.5. The Hall–Kier alpha value is -2.75. The van der Waals surface area contributed by atoms with Gasteiger partial charge in [0.1, 0.15) is 10.8 Å². The van der Waals surface area contributed by atoms with Crippen LogP contribution in [0.3, 0.4) is 0 Å². The van der Waals surface area contributed by atoms with Crippen molar-refractivity contribution in [3.05, 3.63) is 75.7 Å². The highest BCUT2D eigenvalue weighted by molar-refractivity contribution is 7.80. The zero-order valence-corrected chi connectivity index (χ0v) is 18.0. The maximum atomic E-state index is 12.7. The van der Waals surface area contributed by atoms with E-state index in [1.807, 2.05) is 24.4 Å². The largest absolute Gasteiger partial charge is 0.508 e. The number of phenols is 1. The fraction of sp³-hybridized carbons (Fsp3) is 0.238. The van der Waals surface area contributed by atoms with Gasteiger partial charge in [0, 0.05) is 16.6 Å². The molecule has 0 aliphatic heterocycles. The smallest absolute Gasteiger partial charge is 0.259 e. The molecule has 0 spiro atoms. The van der Waals surface area contributed by atoms with Gasteiger partial charge in [-0.3, -0.25) is 14.1 Å². The number of nitrogens with zero attached hydrogens (tertiary/aromatic N) is 1. The first-order valence-electron chi connectivity index (χ1n) is 9.41. The van der Waals surface area contributed by atoms with Gasteiger partial charge in [0.05, 0.1) is 18.2 Å². The Morgan fingerprint density at radius 2 is 1.93 bits per heavy atom. The summed E-state index contributed by atoms with van der Waals surface area (Å²) in [5.74, 6) is -0.111. The minimum Gasteiger partial charge on any atom is -0.508 e. The summed E-state index contributed by atoms with van der Waals surface area (Å²) < 4.78 is 22.2. The van der Waals surface area contributed by atoms with E-state index in [9.17, 15) is 14.1 Å². The van der Waals surface area contributed by atoms with E-state index in [2.05, 4.69) is 15.0 Å². The molecule has 2 atom stereocenters. The lowest BCUT2D eigenvalue weighted by molar-refractivity contribution is -0.121. The summed E-state index contributed by atoms with van der Waals surface area (Å²) in [6, 6.07) is 13.6. The molecule has 30 heavy (non-hydrogen) atoms. The Bertz CT molecular complexity index is 1020. The summed E-state index contributed by atoms with van der Waals surface area (Å²) in [6.07, 6.45) is 1.40. The first-order valence-corrected chi connectivity index (χ1v) is 11.4. The van der Waals surface area contributed by atoms with E-state index in [0.717, 1.165) is 22.7 Å². The fourth-order valence-electron chi connectivity index (χ4n) is 2.97. The average molecular weight is 446 g/mol. The number of hydrogen-bond acceptors (Lipinski definition) is 5. The third kappa shape index (κ3) is 6.12. The number of benzene rings is 2. The van der Waals surface area contributed by atoms with Gasteiger partial charge in [-0.15, -0.1) is 11.3 Å². The Morgan fingerprint density at radius 3 is 2.57 bits per heavy atom. The van der Waals surface area contributed by atoms with Gasteiger partial charge >= 0.3 is 0 Å². The molecule has 0 saturated heterocycles. The SMILES string of the molecule is CCc1csc([C@H](Cc2ccc(NS(=O)O)cc2)NC(=O)Cc2ccccc2O)n1. The van der Waals surface area contributed by atoms with E-state index in [0.29, 0.717) is 17.7 Å². The zero-order valence-electron chi connectivity index (χ0n) is 16.4. The van der Waals surface area contributed by atoms with Crippen molar-refractivity contribution in [2.24, 2.45) is 0 Å². The van der Waals surface area contributed by atoms with E-state index in [1.165, 1.54) is 11.3 Å². The van der Waals surface area contributed by atoms with E-state index in [1.54, 1.807) is 36.4 Å². The molecule has 0 fully saturated rings. The number of amides is 1. The van der Waals surface area contributed by atoms with Crippen molar-refractivity contribution in [3.63, 3.8) is 0 Å². The molecule has 0 saturated carbocycles. The first-order chi connectivity index (χ1) is 14.4. The molecule has 3 rings (SSSR count). The molecule has 1 unspecified atom stereocenters. The standard InChI is InChI=1S/C21H23N3O4S2/c1-2-16-13-29-21(22-16)18(11-14-7-9-17(10-8-14)24-30(27)28)23-20(26)12-15-5-3-4-6-19(15)25/h3-10,13,18,24-25H,2,11-12H2,1H3,(H,23,26)(H,27,28)/t18-/m0/s1. The second kappa shape index (κ2) is 10.3. The van der Waals surface area contributed by atoms with Crippen molar-refractivity contribution in [2.75, 3.05) is 4.72 Å². The molecule has 4 N–H and O–H groups in total. The summed E-state index contributed by atoms with van der Waals surface area (Å²) in [5, 5.41) is 15.8. The van der Waals surface area contributed by atoms with Crippen molar-refractivity contribution in [2.45, 2.75) is 32.2 Å². The number of thiazole rings is 1. The fourth-order valence-corrected chi connectivity index (χ4v) is 4.26. The monoisotopic (exact) mass is 445 g/mol. The van der Waals surface area contributed by atoms with Crippen LogP contribution in [0.5, 0.6) is 5.75 Å². The Kier molecular flexibility index (Phi) is 7.56. The van der Waals surface area contributed by atoms with Crippen LogP contribution in [-0.2, 0) is 35.3 Å². The molecule has 0 aliphatic rings. The Morgan fingerprint density at radius 1 is 1.20 bits per heavy atom. The van der Waals surface area contributed by atoms with Crippen LogP contribution in [0, 0.1) is 0 Å². The number of aromatic hydroxyl groups is 1. The summed E-state index contributed by atoms with van der Waals surface area (Å²) in [6.45, 7) is 2.03. The third-order valence-electron chi connectivity index (χ3n) is 4.51. The van der Waals surface area contributed by atoms with E-state index in [4.69, 9.17) is 4.55 Å². The van der Waals surface area contributed by atoms with Gasteiger partial charge in [0.2, 0.25) is 5.91 Å². The van der Waals surface area contributed by atoms with Crippen molar-refractivity contribution in [1.82, 2.24) is 10.3 Å². The van der Waals surface area contributed by atoms with E-state index < -0.39 is 11.3 Å². The highest BCUT2D eigenvalue weighted by Gasteiger charge is 2.20. The number of para-hydroxylation sites is 1. The summed E-state index contributed by atoms with van der Waals surface area (Å²) in [4.78, 5) is 17.3. The molecule has 1 amide bonds. The quantitative estimate of drug-likeness (QED) is 0.376. The van der Waals surface area contributed by atoms with Crippen LogP contribution in [0.4, 0.5) is 5.69 Å². The molecular formula is C21H23N3O4S2. The summed E-state index contributed by atoms with van der Waals surface area (Å²) >= 11 is -0.623. The first kappa shape index (κ1) is 21.9. The lowest BCUT2D eigenvalue weighted by Crippen LogP contribution is -2.31. The molecule has 9 heteroatoms. The van der Waals surface area contributed by atoms with Crippen LogP contribution in [0.15, 0.2) is 53.9 Å². The average Bonchev–Trinajstić information content (AvgIpc) is 3.19. The number of carbonyl (C=O) groups excluding carboxylic acids is 1. The minimum absolute atomic E-state index is 0.0698. The van der Waals surface area contributed by atoms with Crippen molar-refractivity contribution in [3.8, 4) is 5.75 Å². The molecule has 0 aliphatic carbocycles. The highest BCUT2D eigenvalue weighted by atomic mass is 32.2. The topological polar surface area (TPSA) is 112 Å². The molecule has 1 heterocycles. The molecule has 1 aromatic heterocycles. The van der Waals surface area contributed by atoms with Gasteiger partial charge in [-0.1, -0.05) is 37.3 Å². The molecule has 7 nitrogen and oxygen atoms in total. The molecular weight excluding hydrogens is 422 g/mol.